The largest absolute Gasteiger partial charge is 0.465 e. The molecule has 1 N–H and O–H groups in total. The summed E-state index contributed by atoms with van der Waals surface area (Å²) in [5.74, 6) is -0.387. The maximum Gasteiger partial charge on any atom is 0.407 e. The highest BCUT2D eigenvalue weighted by molar-refractivity contribution is 5.65. The number of rotatable bonds is 2. The van der Waals surface area contributed by atoms with Gasteiger partial charge in [-0.2, -0.15) is 0 Å². The highest BCUT2D eigenvalue weighted by atomic mass is 19.1. The second-order valence-corrected chi connectivity index (χ2v) is 5.09. The zero-order valence-electron chi connectivity index (χ0n) is 11.3. The number of carbonyl (C=O) groups is 1. The van der Waals surface area contributed by atoms with Crippen molar-refractivity contribution in [1.29, 1.82) is 0 Å². The first kappa shape index (κ1) is 13.5. The molecule has 3 heterocycles. The van der Waals surface area contributed by atoms with E-state index >= 15 is 0 Å². The lowest BCUT2D eigenvalue weighted by Gasteiger charge is -2.31. The van der Waals surface area contributed by atoms with E-state index in [9.17, 15) is 9.18 Å². The summed E-state index contributed by atoms with van der Waals surface area (Å²) < 4.78 is 14.8. The summed E-state index contributed by atoms with van der Waals surface area (Å²) in [5.41, 5.74) is 1.25. The molecule has 1 aliphatic rings. The first-order valence-corrected chi connectivity index (χ1v) is 6.77. The van der Waals surface area contributed by atoms with E-state index in [4.69, 9.17) is 5.11 Å². The van der Waals surface area contributed by atoms with Crippen molar-refractivity contribution in [2.24, 2.45) is 0 Å². The fraction of sp³-hybridized carbons (Fsp3) is 0.357. The number of hydrogen-bond acceptors (Lipinski definition) is 3. The third-order valence-corrected chi connectivity index (χ3v) is 3.68. The van der Waals surface area contributed by atoms with Gasteiger partial charge < -0.3 is 14.6 Å². The zero-order chi connectivity index (χ0) is 14.8. The average molecular weight is 290 g/mol. The van der Waals surface area contributed by atoms with Crippen molar-refractivity contribution >= 4 is 6.09 Å². The van der Waals surface area contributed by atoms with Crippen LogP contribution >= 0.6 is 0 Å². The second kappa shape index (κ2) is 5.51. The minimum atomic E-state index is -0.889. The van der Waals surface area contributed by atoms with Crippen molar-refractivity contribution in [3.8, 4) is 11.4 Å². The van der Waals surface area contributed by atoms with Crippen LogP contribution in [0, 0.1) is 5.82 Å². The van der Waals surface area contributed by atoms with Gasteiger partial charge in [-0.15, -0.1) is 0 Å². The lowest BCUT2D eigenvalue weighted by atomic mass is 10.1. The van der Waals surface area contributed by atoms with Gasteiger partial charge in [0, 0.05) is 19.3 Å². The number of halogens is 1. The molecule has 0 aromatic carbocycles. The van der Waals surface area contributed by atoms with Gasteiger partial charge in [-0.05, 0) is 25.0 Å². The first-order chi connectivity index (χ1) is 10.1. The van der Waals surface area contributed by atoms with Gasteiger partial charge in [-0.3, -0.25) is 4.98 Å². The number of hydrogen-bond donors (Lipinski definition) is 1. The molecular weight excluding hydrogens is 275 g/mol. The predicted molar refractivity (Wildman–Crippen MR) is 73.3 cm³/mol. The second-order valence-electron chi connectivity index (χ2n) is 5.09. The predicted octanol–water partition coefficient (Wildman–Crippen LogP) is 2.40. The van der Waals surface area contributed by atoms with Crippen molar-refractivity contribution in [3.05, 3.63) is 36.7 Å². The Morgan fingerprint density at radius 3 is 2.90 bits per heavy atom. The Bertz CT molecular complexity index is 641. The van der Waals surface area contributed by atoms with E-state index in [0.29, 0.717) is 24.5 Å². The molecule has 1 atom stereocenters. The van der Waals surface area contributed by atoms with Crippen molar-refractivity contribution in [2.45, 2.75) is 18.9 Å². The van der Waals surface area contributed by atoms with Gasteiger partial charge in [0.05, 0.1) is 24.3 Å². The summed E-state index contributed by atoms with van der Waals surface area (Å²) in [6.45, 7) is 1.04. The molecule has 1 fully saturated rings. The summed E-state index contributed by atoms with van der Waals surface area (Å²) in [6.07, 6.45) is 5.52. The number of imidazole rings is 1. The van der Waals surface area contributed by atoms with Crippen LogP contribution in [0.5, 0.6) is 0 Å². The number of aromatic nitrogens is 3. The number of likely N-dealkylation sites (tertiary alicyclic amines) is 1. The highest BCUT2D eigenvalue weighted by Gasteiger charge is 2.24. The van der Waals surface area contributed by atoms with Crippen LogP contribution in [-0.4, -0.2) is 43.7 Å². The Labute approximate surface area is 120 Å². The summed E-state index contributed by atoms with van der Waals surface area (Å²) in [7, 11) is 0. The maximum absolute atomic E-state index is 12.9. The topological polar surface area (TPSA) is 71.2 Å². The molecule has 6 nitrogen and oxygen atoms in total. The molecule has 0 spiro atoms. The number of pyridine rings is 1. The Morgan fingerprint density at radius 2 is 2.19 bits per heavy atom. The summed E-state index contributed by atoms with van der Waals surface area (Å²) in [6, 6.07) is 3.00. The molecule has 0 radical (unpaired) electrons. The van der Waals surface area contributed by atoms with E-state index in [-0.39, 0.29) is 11.9 Å². The van der Waals surface area contributed by atoms with Gasteiger partial charge in [-0.25, -0.2) is 14.2 Å². The van der Waals surface area contributed by atoms with Crippen LogP contribution in [0.4, 0.5) is 9.18 Å². The maximum atomic E-state index is 12.9. The molecule has 0 unspecified atom stereocenters. The Morgan fingerprint density at radius 1 is 1.33 bits per heavy atom. The average Bonchev–Trinajstić information content (AvgIpc) is 2.98. The molecule has 3 rings (SSSR count). The third kappa shape index (κ3) is 2.86. The van der Waals surface area contributed by atoms with Crippen LogP contribution in [0.15, 0.2) is 30.9 Å². The number of carboxylic acid groups (broad SMARTS) is 1. The van der Waals surface area contributed by atoms with E-state index in [1.54, 1.807) is 12.4 Å². The van der Waals surface area contributed by atoms with Crippen LogP contribution < -0.4 is 0 Å². The van der Waals surface area contributed by atoms with E-state index in [1.165, 1.54) is 11.0 Å². The fourth-order valence-electron chi connectivity index (χ4n) is 2.57. The van der Waals surface area contributed by atoms with Crippen molar-refractivity contribution < 1.29 is 14.3 Å². The van der Waals surface area contributed by atoms with Crippen LogP contribution in [0.25, 0.3) is 11.4 Å². The van der Waals surface area contributed by atoms with E-state index in [0.717, 1.165) is 19.0 Å². The normalized spacial score (nSPS) is 18.7. The molecule has 2 aromatic heterocycles. The van der Waals surface area contributed by atoms with Gasteiger partial charge >= 0.3 is 6.09 Å². The fourth-order valence-corrected chi connectivity index (χ4v) is 2.57. The van der Waals surface area contributed by atoms with Gasteiger partial charge in [0.2, 0.25) is 0 Å². The molecule has 1 amide bonds. The minimum Gasteiger partial charge on any atom is -0.465 e. The zero-order valence-corrected chi connectivity index (χ0v) is 11.3. The molecule has 7 heteroatoms. The molecule has 21 heavy (non-hydrogen) atoms. The van der Waals surface area contributed by atoms with Crippen molar-refractivity contribution in [2.75, 3.05) is 13.1 Å². The molecule has 110 valence electrons. The molecular formula is C14H15FN4O2. The van der Waals surface area contributed by atoms with E-state index in [2.05, 4.69) is 9.97 Å². The van der Waals surface area contributed by atoms with Gasteiger partial charge in [0.25, 0.3) is 0 Å². The molecule has 1 saturated heterocycles. The van der Waals surface area contributed by atoms with Crippen LogP contribution in [0.2, 0.25) is 0 Å². The van der Waals surface area contributed by atoms with Gasteiger partial charge in [0.15, 0.2) is 0 Å². The van der Waals surface area contributed by atoms with Crippen LogP contribution in [-0.2, 0) is 0 Å². The Hall–Kier alpha value is -2.44. The van der Waals surface area contributed by atoms with Crippen LogP contribution in [0.3, 0.4) is 0 Å². The molecule has 0 bridgehead atoms. The van der Waals surface area contributed by atoms with E-state index in [1.807, 2.05) is 10.8 Å². The number of amides is 1. The number of nitrogens with zero attached hydrogens (tertiary/aromatic N) is 4. The molecule has 0 saturated carbocycles. The highest BCUT2D eigenvalue weighted by Crippen LogP contribution is 2.24. The monoisotopic (exact) mass is 290 g/mol. The lowest BCUT2D eigenvalue weighted by molar-refractivity contribution is 0.121. The van der Waals surface area contributed by atoms with Gasteiger partial charge in [0.1, 0.15) is 11.5 Å². The first-order valence-electron chi connectivity index (χ1n) is 6.77. The van der Waals surface area contributed by atoms with Gasteiger partial charge in [-0.1, -0.05) is 0 Å². The number of piperidine rings is 1. The smallest absolute Gasteiger partial charge is 0.407 e. The molecule has 1 aliphatic heterocycles. The van der Waals surface area contributed by atoms with Crippen molar-refractivity contribution in [3.63, 3.8) is 0 Å². The third-order valence-electron chi connectivity index (χ3n) is 3.68. The SMILES string of the molecule is O=C(O)N1CCC[C@H](n2cnc(-c3ccc(F)cn3)c2)C1. The minimum absolute atomic E-state index is 0.0801. The summed E-state index contributed by atoms with van der Waals surface area (Å²) in [4.78, 5) is 20.7. The summed E-state index contributed by atoms with van der Waals surface area (Å²) >= 11 is 0. The Balaban J connectivity index is 1.78. The molecule has 0 aliphatic carbocycles. The lowest BCUT2D eigenvalue weighted by Crippen LogP contribution is -2.39. The van der Waals surface area contributed by atoms with Crippen LogP contribution in [0.1, 0.15) is 18.9 Å². The standard InChI is InChI=1S/C14H15FN4O2/c15-10-3-4-12(16-6-10)13-8-19(9-17-13)11-2-1-5-18(7-11)14(20)21/h3-4,6,8-9,11H,1-2,5,7H2,(H,20,21)/t11-/m0/s1. The quantitative estimate of drug-likeness (QED) is 0.922. The Kier molecular flexibility index (Phi) is 3.55. The van der Waals surface area contributed by atoms with E-state index < -0.39 is 6.09 Å². The summed E-state index contributed by atoms with van der Waals surface area (Å²) in [5, 5.41) is 9.07. The molecule has 2 aromatic rings. The van der Waals surface area contributed by atoms with Crippen molar-refractivity contribution in [1.82, 2.24) is 19.4 Å².